The van der Waals surface area contributed by atoms with Gasteiger partial charge in [0, 0.05) is 18.7 Å². The molecule has 1 N–H and O–H groups in total. The van der Waals surface area contributed by atoms with Crippen LogP contribution >= 0.6 is 0 Å². The molecule has 0 spiro atoms. The van der Waals surface area contributed by atoms with E-state index in [4.69, 9.17) is 0 Å². The summed E-state index contributed by atoms with van der Waals surface area (Å²) in [6, 6.07) is 1.05. The third kappa shape index (κ3) is 2.91. The van der Waals surface area contributed by atoms with Gasteiger partial charge in [-0.2, -0.15) is 0 Å². The Bertz CT molecular complexity index is 397. The maximum Gasteiger partial charge on any atom is 0.168 e. The Morgan fingerprint density at radius 3 is 2.88 bits per heavy atom. The van der Waals surface area contributed by atoms with Gasteiger partial charge in [-0.25, -0.2) is 13.8 Å². The first-order chi connectivity index (χ1) is 8.06. The quantitative estimate of drug-likeness (QED) is 0.859. The van der Waals surface area contributed by atoms with Gasteiger partial charge in [-0.3, -0.25) is 0 Å². The second kappa shape index (κ2) is 4.96. The molecule has 0 amide bonds. The summed E-state index contributed by atoms with van der Waals surface area (Å²) in [5.41, 5.74) is 0. The highest BCUT2D eigenvalue weighted by molar-refractivity contribution is 5.37. The molecule has 1 aromatic rings. The summed E-state index contributed by atoms with van der Waals surface area (Å²) < 4.78 is 26.2. The van der Waals surface area contributed by atoms with Gasteiger partial charge < -0.3 is 10.2 Å². The van der Waals surface area contributed by atoms with Crippen LogP contribution in [0.1, 0.15) is 13.3 Å². The van der Waals surface area contributed by atoms with Crippen LogP contribution in [0.4, 0.5) is 14.6 Å². The van der Waals surface area contributed by atoms with E-state index in [2.05, 4.69) is 29.2 Å². The van der Waals surface area contributed by atoms with Gasteiger partial charge in [-0.05, 0) is 25.9 Å². The molecule has 2 rings (SSSR count). The Morgan fingerprint density at radius 1 is 1.47 bits per heavy atom. The Kier molecular flexibility index (Phi) is 3.57. The van der Waals surface area contributed by atoms with Gasteiger partial charge in [0.25, 0.3) is 0 Å². The summed E-state index contributed by atoms with van der Waals surface area (Å²) in [5.74, 6) is -0.714. The zero-order valence-electron chi connectivity index (χ0n) is 10.1. The van der Waals surface area contributed by atoms with Crippen LogP contribution in [0.25, 0.3) is 0 Å². The van der Waals surface area contributed by atoms with Crippen molar-refractivity contribution in [2.75, 3.05) is 25.5 Å². The van der Waals surface area contributed by atoms with Crippen molar-refractivity contribution in [1.82, 2.24) is 9.88 Å². The lowest BCUT2D eigenvalue weighted by Gasteiger charge is -2.35. The number of rotatable bonds is 2. The SMILES string of the molecule is CC1CN(C)CCC1Nc1ncc(F)cc1F. The lowest BCUT2D eigenvalue weighted by atomic mass is 9.94. The molecule has 94 valence electrons. The number of nitrogens with zero attached hydrogens (tertiary/aromatic N) is 2. The van der Waals surface area contributed by atoms with Gasteiger partial charge in [-0.1, -0.05) is 6.92 Å². The van der Waals surface area contributed by atoms with Crippen LogP contribution in [0.5, 0.6) is 0 Å². The summed E-state index contributed by atoms with van der Waals surface area (Å²) in [6.07, 6.45) is 1.97. The first-order valence-corrected chi connectivity index (χ1v) is 5.82. The predicted molar refractivity (Wildman–Crippen MR) is 62.8 cm³/mol. The summed E-state index contributed by atoms with van der Waals surface area (Å²) in [4.78, 5) is 6.00. The predicted octanol–water partition coefficient (Wildman–Crippen LogP) is 2.11. The van der Waals surface area contributed by atoms with E-state index in [0.29, 0.717) is 5.92 Å². The molecule has 0 radical (unpaired) electrons. The van der Waals surface area contributed by atoms with E-state index in [1.165, 1.54) is 0 Å². The van der Waals surface area contributed by atoms with Crippen molar-refractivity contribution in [2.45, 2.75) is 19.4 Å². The Morgan fingerprint density at radius 2 is 2.24 bits per heavy atom. The normalized spacial score (nSPS) is 25.9. The molecule has 0 saturated carbocycles. The first kappa shape index (κ1) is 12.2. The number of halogens is 2. The summed E-state index contributed by atoms with van der Waals surface area (Å²) in [6.45, 7) is 4.07. The van der Waals surface area contributed by atoms with Crippen molar-refractivity contribution in [3.05, 3.63) is 23.9 Å². The number of piperidine rings is 1. The summed E-state index contributed by atoms with van der Waals surface area (Å²) in [5, 5.41) is 3.07. The largest absolute Gasteiger partial charge is 0.365 e. The standard InChI is InChI=1S/C12H17F2N3/c1-8-7-17(2)4-3-11(8)16-12-10(14)5-9(13)6-15-12/h5-6,8,11H,3-4,7H2,1-2H3,(H,15,16). The van der Waals surface area contributed by atoms with Crippen molar-refractivity contribution >= 4 is 5.82 Å². The number of likely N-dealkylation sites (tertiary alicyclic amines) is 1. The van der Waals surface area contributed by atoms with Crippen molar-refractivity contribution in [1.29, 1.82) is 0 Å². The third-order valence-corrected chi connectivity index (χ3v) is 3.24. The lowest BCUT2D eigenvalue weighted by Crippen LogP contribution is -2.43. The minimum atomic E-state index is -0.649. The van der Waals surface area contributed by atoms with E-state index in [0.717, 1.165) is 31.8 Å². The van der Waals surface area contributed by atoms with E-state index in [1.807, 2.05) is 0 Å². The number of hydrogen-bond donors (Lipinski definition) is 1. The van der Waals surface area contributed by atoms with Gasteiger partial charge in [-0.15, -0.1) is 0 Å². The van der Waals surface area contributed by atoms with Gasteiger partial charge >= 0.3 is 0 Å². The average Bonchev–Trinajstić information content (AvgIpc) is 2.25. The monoisotopic (exact) mass is 241 g/mol. The molecule has 1 aliphatic rings. The van der Waals surface area contributed by atoms with Crippen molar-refractivity contribution in [2.24, 2.45) is 5.92 Å². The Hall–Kier alpha value is -1.23. The molecular weight excluding hydrogens is 224 g/mol. The molecule has 17 heavy (non-hydrogen) atoms. The number of aromatic nitrogens is 1. The molecular formula is C12H17F2N3. The first-order valence-electron chi connectivity index (χ1n) is 5.82. The number of hydrogen-bond acceptors (Lipinski definition) is 3. The fourth-order valence-corrected chi connectivity index (χ4v) is 2.26. The fraction of sp³-hybridized carbons (Fsp3) is 0.583. The molecule has 1 aliphatic heterocycles. The minimum absolute atomic E-state index is 0.146. The molecule has 1 saturated heterocycles. The molecule has 2 heterocycles. The van der Waals surface area contributed by atoms with Gasteiger partial charge in [0.2, 0.25) is 0 Å². The number of anilines is 1. The molecule has 0 aromatic carbocycles. The van der Waals surface area contributed by atoms with Crippen LogP contribution in [0.3, 0.4) is 0 Å². The Balaban J connectivity index is 2.05. The molecule has 1 aromatic heterocycles. The highest BCUT2D eigenvalue weighted by Gasteiger charge is 2.25. The second-order valence-corrected chi connectivity index (χ2v) is 4.76. The molecule has 5 heteroatoms. The zero-order chi connectivity index (χ0) is 12.4. The molecule has 1 fully saturated rings. The van der Waals surface area contributed by atoms with Gasteiger partial charge in [0.15, 0.2) is 11.6 Å². The van der Waals surface area contributed by atoms with Crippen LogP contribution < -0.4 is 5.32 Å². The van der Waals surface area contributed by atoms with Crippen molar-refractivity contribution in [3.63, 3.8) is 0 Å². The number of nitrogens with one attached hydrogen (secondary N) is 1. The smallest absolute Gasteiger partial charge is 0.168 e. The van der Waals surface area contributed by atoms with E-state index in [1.54, 1.807) is 0 Å². The third-order valence-electron chi connectivity index (χ3n) is 3.24. The van der Waals surface area contributed by atoms with Crippen LogP contribution in [0, 0.1) is 17.6 Å². The highest BCUT2D eigenvalue weighted by atomic mass is 19.1. The van der Waals surface area contributed by atoms with E-state index in [-0.39, 0.29) is 11.9 Å². The van der Waals surface area contributed by atoms with Crippen LogP contribution in [0.2, 0.25) is 0 Å². The maximum atomic E-state index is 13.4. The topological polar surface area (TPSA) is 28.2 Å². The zero-order valence-corrected chi connectivity index (χ0v) is 10.1. The molecule has 3 nitrogen and oxygen atoms in total. The van der Waals surface area contributed by atoms with Crippen LogP contribution in [-0.2, 0) is 0 Å². The Labute approximate surface area is 99.8 Å². The van der Waals surface area contributed by atoms with E-state index >= 15 is 0 Å². The van der Waals surface area contributed by atoms with E-state index in [9.17, 15) is 8.78 Å². The lowest BCUT2D eigenvalue weighted by molar-refractivity contribution is 0.205. The highest BCUT2D eigenvalue weighted by Crippen LogP contribution is 2.21. The fourth-order valence-electron chi connectivity index (χ4n) is 2.26. The molecule has 0 aliphatic carbocycles. The molecule has 0 bridgehead atoms. The molecule has 2 unspecified atom stereocenters. The van der Waals surface area contributed by atoms with Crippen LogP contribution in [-0.4, -0.2) is 36.1 Å². The minimum Gasteiger partial charge on any atom is -0.365 e. The van der Waals surface area contributed by atoms with Gasteiger partial charge in [0.05, 0.1) is 6.20 Å². The van der Waals surface area contributed by atoms with Crippen molar-refractivity contribution in [3.8, 4) is 0 Å². The average molecular weight is 241 g/mol. The van der Waals surface area contributed by atoms with Crippen molar-refractivity contribution < 1.29 is 8.78 Å². The van der Waals surface area contributed by atoms with E-state index < -0.39 is 11.6 Å². The summed E-state index contributed by atoms with van der Waals surface area (Å²) >= 11 is 0. The second-order valence-electron chi connectivity index (χ2n) is 4.76. The summed E-state index contributed by atoms with van der Waals surface area (Å²) in [7, 11) is 2.07. The maximum absolute atomic E-state index is 13.4. The van der Waals surface area contributed by atoms with Gasteiger partial charge in [0.1, 0.15) is 5.82 Å². The van der Waals surface area contributed by atoms with Crippen LogP contribution in [0.15, 0.2) is 12.3 Å². The number of pyridine rings is 1. The molecule has 2 atom stereocenters.